The molecular formula is C21H24N2O4S. The Balaban J connectivity index is 1.40. The molecule has 1 saturated heterocycles. The topological polar surface area (TPSA) is 75.7 Å². The van der Waals surface area contributed by atoms with Crippen LogP contribution in [-0.4, -0.2) is 46.0 Å². The average molecular weight is 401 g/mol. The predicted octanol–water partition coefficient (Wildman–Crippen LogP) is 2.24. The van der Waals surface area contributed by atoms with E-state index in [1.165, 1.54) is 4.90 Å². The fourth-order valence-corrected chi connectivity index (χ4v) is 4.95. The van der Waals surface area contributed by atoms with Crippen molar-refractivity contribution < 1.29 is 19.1 Å². The first-order valence-electron chi connectivity index (χ1n) is 9.64. The van der Waals surface area contributed by atoms with E-state index in [0.717, 1.165) is 24.0 Å². The second-order valence-corrected chi connectivity index (χ2v) is 8.80. The quantitative estimate of drug-likeness (QED) is 0.586. The molecule has 2 amide bonds. The van der Waals surface area contributed by atoms with Gasteiger partial charge in [-0.1, -0.05) is 30.3 Å². The first-order chi connectivity index (χ1) is 13.5. The molecule has 1 saturated carbocycles. The summed E-state index contributed by atoms with van der Waals surface area (Å²) in [6.07, 6.45) is 2.27. The highest BCUT2D eigenvalue weighted by Gasteiger charge is 2.54. The van der Waals surface area contributed by atoms with Crippen molar-refractivity contribution >= 4 is 29.5 Å². The first kappa shape index (κ1) is 19.1. The van der Waals surface area contributed by atoms with E-state index < -0.39 is 12.0 Å². The van der Waals surface area contributed by atoms with Crippen molar-refractivity contribution in [3.63, 3.8) is 0 Å². The van der Waals surface area contributed by atoms with Gasteiger partial charge in [-0.25, -0.2) is 4.79 Å². The van der Waals surface area contributed by atoms with Crippen LogP contribution in [0.3, 0.4) is 0 Å². The predicted molar refractivity (Wildman–Crippen MR) is 106 cm³/mol. The molecule has 7 heteroatoms. The maximum absolute atomic E-state index is 12.7. The molecule has 4 rings (SSSR count). The van der Waals surface area contributed by atoms with Gasteiger partial charge in [0.25, 0.3) is 5.91 Å². The SMILES string of the molecule is CC1=C(C(=O)OC(C)C2CC2)N2C(=O)C(NC(=O)Cc3ccccc3)[C@H]2SC1. The molecular weight excluding hydrogens is 376 g/mol. The summed E-state index contributed by atoms with van der Waals surface area (Å²) < 4.78 is 5.59. The molecule has 1 aromatic carbocycles. The number of esters is 1. The lowest BCUT2D eigenvalue weighted by Gasteiger charge is -2.49. The van der Waals surface area contributed by atoms with Gasteiger partial charge in [0.1, 0.15) is 23.2 Å². The van der Waals surface area contributed by atoms with E-state index in [1.807, 2.05) is 44.2 Å². The fraction of sp³-hybridized carbons (Fsp3) is 0.476. The average Bonchev–Trinajstić information content (AvgIpc) is 3.52. The molecule has 2 heterocycles. The van der Waals surface area contributed by atoms with Gasteiger partial charge in [-0.3, -0.25) is 14.5 Å². The van der Waals surface area contributed by atoms with Crippen molar-refractivity contribution in [2.24, 2.45) is 5.92 Å². The van der Waals surface area contributed by atoms with Crippen LogP contribution in [-0.2, 0) is 25.5 Å². The van der Waals surface area contributed by atoms with E-state index in [0.29, 0.717) is 17.4 Å². The molecule has 6 nitrogen and oxygen atoms in total. The largest absolute Gasteiger partial charge is 0.458 e. The zero-order valence-electron chi connectivity index (χ0n) is 16.0. The minimum Gasteiger partial charge on any atom is -0.458 e. The molecule has 1 N–H and O–H groups in total. The van der Waals surface area contributed by atoms with Gasteiger partial charge in [-0.05, 0) is 43.7 Å². The summed E-state index contributed by atoms with van der Waals surface area (Å²) in [6.45, 7) is 3.77. The number of hydrogen-bond donors (Lipinski definition) is 1. The lowest BCUT2D eigenvalue weighted by Crippen LogP contribution is -2.70. The summed E-state index contributed by atoms with van der Waals surface area (Å²) in [4.78, 5) is 39.3. The Bertz CT molecular complexity index is 834. The molecule has 148 valence electrons. The third-order valence-corrected chi connectivity index (χ3v) is 6.88. The highest BCUT2D eigenvalue weighted by atomic mass is 32.2. The van der Waals surface area contributed by atoms with Gasteiger partial charge in [-0.2, -0.15) is 0 Å². The van der Waals surface area contributed by atoms with E-state index in [2.05, 4.69) is 5.32 Å². The standard InChI is InChI=1S/C21H24N2O4S/c1-12-11-28-20-17(22-16(24)10-14-6-4-3-5-7-14)19(25)23(20)18(12)21(26)27-13(2)15-8-9-15/h3-7,13,15,17,20H,8-11H2,1-2H3,(H,22,24)/t13?,17?,20-/m1/s1. The number of benzene rings is 1. The van der Waals surface area contributed by atoms with Crippen LogP contribution in [0.15, 0.2) is 41.6 Å². The number of nitrogens with one attached hydrogen (secondary N) is 1. The molecule has 2 unspecified atom stereocenters. The minimum atomic E-state index is -0.599. The second kappa shape index (κ2) is 7.62. The van der Waals surface area contributed by atoms with Crippen LogP contribution in [0, 0.1) is 5.92 Å². The van der Waals surface area contributed by atoms with Crippen LogP contribution >= 0.6 is 11.8 Å². The monoisotopic (exact) mass is 400 g/mol. The van der Waals surface area contributed by atoms with E-state index in [4.69, 9.17) is 4.74 Å². The second-order valence-electron chi connectivity index (χ2n) is 7.69. The van der Waals surface area contributed by atoms with Crippen molar-refractivity contribution in [1.29, 1.82) is 0 Å². The maximum atomic E-state index is 12.7. The van der Waals surface area contributed by atoms with Crippen molar-refractivity contribution in [3.05, 3.63) is 47.2 Å². The zero-order valence-corrected chi connectivity index (χ0v) is 16.8. The summed E-state index contributed by atoms with van der Waals surface area (Å²) in [5.41, 5.74) is 2.10. The molecule has 3 atom stereocenters. The number of carbonyl (C=O) groups excluding carboxylic acids is 3. The molecule has 0 radical (unpaired) electrons. The summed E-state index contributed by atoms with van der Waals surface area (Å²) >= 11 is 1.56. The Hall–Kier alpha value is -2.28. The molecule has 3 aliphatic rings. The third-order valence-electron chi connectivity index (χ3n) is 5.46. The number of ether oxygens (including phenoxy) is 1. The highest BCUT2D eigenvalue weighted by Crippen LogP contribution is 2.41. The molecule has 0 spiro atoms. The number of carbonyl (C=O) groups is 3. The smallest absolute Gasteiger partial charge is 0.355 e. The van der Waals surface area contributed by atoms with Crippen LogP contribution in [0.25, 0.3) is 0 Å². The lowest BCUT2D eigenvalue weighted by atomic mass is 10.0. The molecule has 0 bridgehead atoms. The lowest BCUT2D eigenvalue weighted by molar-refractivity contribution is -0.155. The Morgan fingerprint density at radius 3 is 2.68 bits per heavy atom. The van der Waals surface area contributed by atoms with E-state index in [1.54, 1.807) is 11.8 Å². The summed E-state index contributed by atoms with van der Waals surface area (Å²) in [5.74, 6) is 0.216. The molecule has 28 heavy (non-hydrogen) atoms. The Labute approximate surface area is 168 Å². The Morgan fingerprint density at radius 1 is 1.29 bits per heavy atom. The normalized spacial score (nSPS) is 24.9. The Morgan fingerprint density at radius 2 is 2.00 bits per heavy atom. The van der Waals surface area contributed by atoms with Crippen molar-refractivity contribution in [1.82, 2.24) is 10.2 Å². The number of fused-ring (bicyclic) bond motifs is 1. The van der Waals surface area contributed by atoms with Gasteiger partial charge in [0.2, 0.25) is 5.91 Å². The number of thioether (sulfide) groups is 1. The number of rotatable bonds is 6. The van der Waals surface area contributed by atoms with Crippen LogP contribution in [0.2, 0.25) is 0 Å². The number of amides is 2. The first-order valence-corrected chi connectivity index (χ1v) is 10.7. The van der Waals surface area contributed by atoms with Crippen LogP contribution in [0.4, 0.5) is 0 Å². The number of nitrogens with zero attached hydrogens (tertiary/aromatic N) is 1. The fourth-order valence-electron chi connectivity index (χ4n) is 3.65. The molecule has 0 aromatic heterocycles. The van der Waals surface area contributed by atoms with Crippen molar-refractivity contribution in [3.8, 4) is 0 Å². The van der Waals surface area contributed by atoms with Gasteiger partial charge >= 0.3 is 5.97 Å². The summed E-state index contributed by atoms with van der Waals surface area (Å²) in [5, 5.41) is 2.58. The van der Waals surface area contributed by atoms with Crippen molar-refractivity contribution in [2.75, 3.05) is 5.75 Å². The molecule has 2 fully saturated rings. The van der Waals surface area contributed by atoms with Crippen LogP contribution in [0.5, 0.6) is 0 Å². The van der Waals surface area contributed by atoms with Gasteiger partial charge in [0, 0.05) is 5.75 Å². The van der Waals surface area contributed by atoms with Gasteiger partial charge in [0.05, 0.1) is 6.42 Å². The number of β-lactam (4-membered cyclic amide) rings is 1. The summed E-state index contributed by atoms with van der Waals surface area (Å²) in [7, 11) is 0. The third kappa shape index (κ3) is 3.68. The van der Waals surface area contributed by atoms with Crippen LogP contribution < -0.4 is 5.32 Å². The molecule has 1 aromatic rings. The zero-order chi connectivity index (χ0) is 19.8. The van der Waals surface area contributed by atoms with E-state index in [9.17, 15) is 14.4 Å². The molecule has 1 aliphatic carbocycles. The Kier molecular flexibility index (Phi) is 5.19. The van der Waals surface area contributed by atoms with Gasteiger partial charge < -0.3 is 10.1 Å². The van der Waals surface area contributed by atoms with Crippen molar-refractivity contribution in [2.45, 2.75) is 50.6 Å². The molecule has 2 aliphatic heterocycles. The van der Waals surface area contributed by atoms with E-state index in [-0.39, 0.29) is 29.7 Å². The minimum absolute atomic E-state index is 0.126. The van der Waals surface area contributed by atoms with E-state index >= 15 is 0 Å². The van der Waals surface area contributed by atoms with Gasteiger partial charge in [0.15, 0.2) is 0 Å². The number of hydrogen-bond acceptors (Lipinski definition) is 5. The highest BCUT2D eigenvalue weighted by molar-refractivity contribution is 8.00. The van der Waals surface area contributed by atoms with Crippen LogP contribution in [0.1, 0.15) is 32.3 Å². The van der Waals surface area contributed by atoms with Gasteiger partial charge in [-0.15, -0.1) is 11.8 Å². The maximum Gasteiger partial charge on any atom is 0.355 e. The summed E-state index contributed by atoms with van der Waals surface area (Å²) in [6, 6.07) is 8.81.